The fraction of sp³-hybridized carbons (Fsp3) is 0.250. The minimum atomic E-state index is 0.267. The van der Waals surface area contributed by atoms with Crippen LogP contribution in [0, 0.1) is 0 Å². The Morgan fingerprint density at radius 3 is 2.95 bits per heavy atom. The van der Waals surface area contributed by atoms with Crippen molar-refractivity contribution < 1.29 is 13.7 Å². The molecule has 0 aliphatic heterocycles. The second-order valence-corrected chi connectivity index (χ2v) is 5.15. The van der Waals surface area contributed by atoms with Crippen LogP contribution in [0.3, 0.4) is 0 Å². The molecule has 0 amide bonds. The third-order valence-electron chi connectivity index (χ3n) is 3.79. The van der Waals surface area contributed by atoms with Crippen LogP contribution in [0.1, 0.15) is 29.9 Å². The fourth-order valence-corrected chi connectivity index (χ4v) is 2.55. The molecule has 0 N–H and O–H groups in total. The quantitative estimate of drug-likeness (QED) is 0.731. The van der Waals surface area contributed by atoms with Crippen molar-refractivity contribution in [1.29, 1.82) is 0 Å². The van der Waals surface area contributed by atoms with E-state index in [4.69, 9.17) is 13.7 Å². The molecule has 0 bridgehead atoms. The maximum atomic E-state index is 5.42. The molecular formula is C16H14N2O3. The summed E-state index contributed by atoms with van der Waals surface area (Å²) in [6, 6.07) is 11.5. The molecule has 106 valence electrons. The normalized spacial score (nSPS) is 20.4. The zero-order chi connectivity index (χ0) is 14.2. The van der Waals surface area contributed by atoms with Crippen molar-refractivity contribution in [3.05, 3.63) is 54.3 Å². The average molecular weight is 282 g/mol. The maximum absolute atomic E-state index is 5.42. The predicted molar refractivity (Wildman–Crippen MR) is 75.1 cm³/mol. The highest BCUT2D eigenvalue weighted by Crippen LogP contribution is 2.54. The predicted octanol–water partition coefficient (Wildman–Crippen LogP) is 3.61. The number of furan rings is 1. The van der Waals surface area contributed by atoms with Gasteiger partial charge in [-0.15, -0.1) is 0 Å². The molecule has 0 spiro atoms. The third-order valence-corrected chi connectivity index (χ3v) is 3.79. The van der Waals surface area contributed by atoms with Gasteiger partial charge < -0.3 is 13.7 Å². The summed E-state index contributed by atoms with van der Waals surface area (Å²) in [6.45, 7) is 0. The van der Waals surface area contributed by atoms with Gasteiger partial charge in [-0.2, -0.15) is 4.98 Å². The van der Waals surface area contributed by atoms with Gasteiger partial charge in [-0.3, -0.25) is 0 Å². The number of hydrogen-bond acceptors (Lipinski definition) is 5. The van der Waals surface area contributed by atoms with Gasteiger partial charge in [0.05, 0.1) is 13.4 Å². The third kappa shape index (κ3) is 2.20. The highest BCUT2D eigenvalue weighted by molar-refractivity contribution is 5.57. The molecule has 21 heavy (non-hydrogen) atoms. The van der Waals surface area contributed by atoms with E-state index in [1.807, 2.05) is 36.4 Å². The van der Waals surface area contributed by atoms with Crippen molar-refractivity contribution in [2.75, 3.05) is 7.11 Å². The van der Waals surface area contributed by atoms with Gasteiger partial charge in [0.2, 0.25) is 11.7 Å². The van der Waals surface area contributed by atoms with Crippen molar-refractivity contribution in [2.45, 2.75) is 18.3 Å². The number of nitrogens with zero attached hydrogens (tertiary/aromatic N) is 2. The molecule has 0 saturated heterocycles. The summed E-state index contributed by atoms with van der Waals surface area (Å²) < 4.78 is 16.0. The Labute approximate surface area is 121 Å². The molecule has 1 saturated carbocycles. The van der Waals surface area contributed by atoms with Gasteiger partial charge >= 0.3 is 0 Å². The van der Waals surface area contributed by atoms with E-state index in [2.05, 4.69) is 10.1 Å². The van der Waals surface area contributed by atoms with Gasteiger partial charge in [-0.1, -0.05) is 17.3 Å². The van der Waals surface area contributed by atoms with Crippen LogP contribution in [0.2, 0.25) is 0 Å². The molecule has 5 heteroatoms. The van der Waals surface area contributed by atoms with Gasteiger partial charge in [0.15, 0.2) is 0 Å². The lowest BCUT2D eigenvalue weighted by atomic mass is 10.2. The van der Waals surface area contributed by atoms with E-state index in [9.17, 15) is 0 Å². The molecular weight excluding hydrogens is 268 g/mol. The van der Waals surface area contributed by atoms with Crippen LogP contribution in [-0.2, 0) is 0 Å². The molecule has 2 aromatic heterocycles. The summed E-state index contributed by atoms with van der Waals surface area (Å²) in [4.78, 5) is 4.50. The van der Waals surface area contributed by atoms with Gasteiger partial charge in [0.1, 0.15) is 11.5 Å². The molecule has 4 rings (SSSR count). The van der Waals surface area contributed by atoms with Crippen molar-refractivity contribution in [3.63, 3.8) is 0 Å². The summed E-state index contributed by atoms with van der Waals surface area (Å²) in [6.07, 6.45) is 2.69. The Balaban J connectivity index is 1.56. The lowest BCUT2D eigenvalue weighted by Crippen LogP contribution is -1.86. The molecule has 5 nitrogen and oxygen atoms in total. The zero-order valence-electron chi connectivity index (χ0n) is 11.5. The molecule has 1 fully saturated rings. The van der Waals surface area contributed by atoms with Crippen LogP contribution in [0.15, 0.2) is 51.6 Å². The van der Waals surface area contributed by atoms with Crippen LogP contribution in [0.5, 0.6) is 5.75 Å². The summed E-state index contributed by atoms with van der Waals surface area (Å²) >= 11 is 0. The first-order valence-corrected chi connectivity index (χ1v) is 6.86. The van der Waals surface area contributed by atoms with Crippen LogP contribution in [0.25, 0.3) is 11.4 Å². The maximum Gasteiger partial charge on any atom is 0.230 e. The summed E-state index contributed by atoms with van der Waals surface area (Å²) in [5.41, 5.74) is 0.888. The first-order valence-electron chi connectivity index (χ1n) is 6.86. The molecule has 0 unspecified atom stereocenters. The largest absolute Gasteiger partial charge is 0.497 e. The molecule has 2 atom stereocenters. The van der Waals surface area contributed by atoms with E-state index in [1.165, 1.54) is 0 Å². The minimum absolute atomic E-state index is 0.267. The number of methoxy groups -OCH3 is 1. The molecule has 1 aromatic carbocycles. The Morgan fingerprint density at radius 1 is 1.19 bits per heavy atom. The van der Waals surface area contributed by atoms with Crippen LogP contribution in [-0.4, -0.2) is 17.3 Å². The number of aromatic nitrogens is 2. The highest BCUT2D eigenvalue weighted by Gasteiger charge is 2.45. The lowest BCUT2D eigenvalue weighted by Gasteiger charge is -1.99. The van der Waals surface area contributed by atoms with Crippen molar-refractivity contribution in [2.24, 2.45) is 0 Å². The molecule has 1 aliphatic rings. The highest BCUT2D eigenvalue weighted by atomic mass is 16.5. The van der Waals surface area contributed by atoms with E-state index in [0.29, 0.717) is 17.6 Å². The van der Waals surface area contributed by atoms with Crippen LogP contribution in [0.4, 0.5) is 0 Å². The lowest BCUT2D eigenvalue weighted by molar-refractivity contribution is 0.376. The number of ether oxygens (including phenoxy) is 1. The first kappa shape index (κ1) is 12.2. The number of benzene rings is 1. The second kappa shape index (κ2) is 4.77. The van der Waals surface area contributed by atoms with Crippen molar-refractivity contribution in [1.82, 2.24) is 10.1 Å². The minimum Gasteiger partial charge on any atom is -0.497 e. The standard InChI is InChI=1S/C16H14N2O3/c1-19-11-5-2-4-10(8-11)15-17-16(21-18-15)13-9-12(13)14-6-3-7-20-14/h2-8,12-13H,9H2,1H3/t12-,13-/m0/s1. The first-order chi connectivity index (χ1) is 10.3. The topological polar surface area (TPSA) is 61.3 Å². The van der Waals surface area contributed by atoms with Crippen molar-refractivity contribution in [3.8, 4) is 17.1 Å². The van der Waals surface area contributed by atoms with Crippen LogP contribution >= 0.6 is 0 Å². The summed E-state index contributed by atoms with van der Waals surface area (Å²) in [5, 5.41) is 4.07. The Hall–Kier alpha value is -2.56. The van der Waals surface area contributed by atoms with Gasteiger partial charge in [-0.05, 0) is 30.7 Å². The van der Waals surface area contributed by atoms with E-state index >= 15 is 0 Å². The summed E-state index contributed by atoms with van der Waals surface area (Å²) in [7, 11) is 1.64. The van der Waals surface area contributed by atoms with E-state index in [-0.39, 0.29) is 5.92 Å². The SMILES string of the molecule is COc1cccc(-c2noc([C@H]3C[C@@H]3c3ccco3)n2)c1. The zero-order valence-corrected chi connectivity index (χ0v) is 11.5. The molecule has 2 heterocycles. The smallest absolute Gasteiger partial charge is 0.230 e. The Kier molecular flexibility index (Phi) is 2.77. The van der Waals surface area contributed by atoms with Crippen LogP contribution < -0.4 is 4.74 Å². The molecule has 0 radical (unpaired) electrons. The Bertz CT molecular complexity index is 748. The monoisotopic (exact) mass is 282 g/mol. The van der Waals surface area contributed by atoms with E-state index in [1.54, 1.807) is 13.4 Å². The number of hydrogen-bond donors (Lipinski definition) is 0. The fourth-order valence-electron chi connectivity index (χ4n) is 2.55. The molecule has 1 aliphatic carbocycles. The van der Waals surface area contributed by atoms with Gasteiger partial charge in [0, 0.05) is 17.4 Å². The molecule has 3 aromatic rings. The Morgan fingerprint density at radius 2 is 2.14 bits per heavy atom. The average Bonchev–Trinajstić information content (AvgIpc) is 2.97. The van der Waals surface area contributed by atoms with Gasteiger partial charge in [0.25, 0.3) is 0 Å². The second-order valence-electron chi connectivity index (χ2n) is 5.15. The van der Waals surface area contributed by atoms with Crippen molar-refractivity contribution >= 4 is 0 Å². The number of rotatable bonds is 4. The van der Waals surface area contributed by atoms with E-state index < -0.39 is 0 Å². The van der Waals surface area contributed by atoms with Gasteiger partial charge in [-0.25, -0.2) is 0 Å². The van der Waals surface area contributed by atoms with E-state index in [0.717, 1.165) is 23.5 Å². The summed E-state index contributed by atoms with van der Waals surface area (Å²) in [5.74, 6) is 3.66.